The third kappa shape index (κ3) is 4.04. The third-order valence-electron chi connectivity index (χ3n) is 10.8. The van der Waals surface area contributed by atoms with Crippen LogP contribution >= 0.6 is 0 Å². The monoisotopic (exact) mass is 492 g/mol. The summed E-state index contributed by atoms with van der Waals surface area (Å²) in [6, 6.07) is 3.60. The highest BCUT2D eigenvalue weighted by molar-refractivity contribution is 6.73. The molecule has 3 aliphatic carbocycles. The fraction of sp³-hybridized carbons (Fsp3) is 0.929. The highest BCUT2D eigenvalue weighted by atomic mass is 28.4. The first-order valence-electron chi connectivity index (χ1n) is 14.3. The number of rotatable bonds is 8. The predicted molar refractivity (Wildman–Crippen MR) is 136 cm³/mol. The lowest BCUT2D eigenvalue weighted by Gasteiger charge is -2.53. The first-order valence-corrected chi connectivity index (χ1v) is 16.8. The summed E-state index contributed by atoms with van der Waals surface area (Å²) < 4.78 is 31.9. The normalized spacial score (nSPS) is 36.7. The maximum absolute atomic E-state index is 7.15. The van der Waals surface area contributed by atoms with Crippen LogP contribution < -0.4 is 0 Å². The van der Waals surface area contributed by atoms with Crippen LogP contribution in [0.4, 0.5) is 0 Å². The molecule has 1 spiro atoms. The second-order valence-electron chi connectivity index (χ2n) is 12.0. The molecule has 5 aliphatic rings. The first-order chi connectivity index (χ1) is 16.3. The van der Waals surface area contributed by atoms with Crippen molar-refractivity contribution < 1.29 is 23.4 Å². The molecule has 194 valence electrons. The van der Waals surface area contributed by atoms with Crippen LogP contribution in [0.1, 0.15) is 86.0 Å². The van der Waals surface area contributed by atoms with Crippen molar-refractivity contribution >= 4 is 8.32 Å². The minimum Gasteiger partial charge on any atom is -0.547 e. The van der Waals surface area contributed by atoms with Gasteiger partial charge in [-0.15, -0.1) is 0 Å². The van der Waals surface area contributed by atoms with Crippen molar-refractivity contribution in [2.24, 2.45) is 23.2 Å². The summed E-state index contributed by atoms with van der Waals surface area (Å²) in [5.74, 6) is 2.63. The molecular formula is C28H48O5Si. The Bertz CT molecular complexity index is 756. The molecule has 0 N–H and O–H groups in total. The molecule has 2 saturated heterocycles. The average molecular weight is 493 g/mol. The predicted octanol–water partition coefficient (Wildman–Crippen LogP) is 6.78. The van der Waals surface area contributed by atoms with Crippen molar-refractivity contribution in [3.63, 3.8) is 0 Å². The molecule has 2 aliphatic heterocycles. The molecule has 0 aromatic heterocycles. The minimum atomic E-state index is -1.71. The summed E-state index contributed by atoms with van der Waals surface area (Å²) in [5.41, 5.74) is 1.76. The van der Waals surface area contributed by atoms with Crippen LogP contribution in [0.2, 0.25) is 18.1 Å². The lowest BCUT2D eigenvalue weighted by atomic mass is 9.55. The van der Waals surface area contributed by atoms with E-state index in [1.54, 1.807) is 5.57 Å². The van der Waals surface area contributed by atoms with Crippen LogP contribution in [0.25, 0.3) is 0 Å². The van der Waals surface area contributed by atoms with Gasteiger partial charge in [0.2, 0.25) is 8.32 Å². The molecule has 5 rings (SSSR count). The standard InChI is InChI=1S/C28H48O5Si/c1-6-34(7-2,8-3)33-25-10-9-22-21(23(25)12-15-27(5)29-17-18-30-27)11-14-26(4)24(22)13-16-28(26)31-19-20-32-28/h21-22,24H,6-20H2,1-5H3/t21?,22?,24?,26-/m1/s1. The summed E-state index contributed by atoms with van der Waals surface area (Å²) in [5, 5.41) is 0. The molecule has 5 nitrogen and oxygen atoms in total. The first kappa shape index (κ1) is 25.3. The van der Waals surface area contributed by atoms with E-state index >= 15 is 0 Å². The Morgan fingerprint density at radius 2 is 1.50 bits per heavy atom. The van der Waals surface area contributed by atoms with E-state index in [1.807, 2.05) is 0 Å². The zero-order valence-electron chi connectivity index (χ0n) is 22.4. The fourth-order valence-corrected chi connectivity index (χ4v) is 11.1. The molecule has 6 heteroatoms. The second-order valence-corrected chi connectivity index (χ2v) is 16.7. The molecule has 0 amide bonds. The minimum absolute atomic E-state index is 0.145. The van der Waals surface area contributed by atoms with Crippen molar-refractivity contribution in [3.05, 3.63) is 11.3 Å². The van der Waals surface area contributed by atoms with Gasteiger partial charge in [0.15, 0.2) is 11.6 Å². The Morgan fingerprint density at radius 3 is 2.15 bits per heavy atom. The molecule has 0 aromatic rings. The molecule has 3 unspecified atom stereocenters. The Morgan fingerprint density at radius 1 is 0.853 bits per heavy atom. The third-order valence-corrected chi connectivity index (χ3v) is 15.3. The summed E-state index contributed by atoms with van der Waals surface area (Å²) >= 11 is 0. The SMILES string of the molecule is CC[Si](CC)(CC)OC1=C(CCC2(C)OCCO2)C2CC[C@]3(C)C(CCC34OCCO4)C2CC1. The van der Waals surface area contributed by atoms with Crippen molar-refractivity contribution in [2.45, 2.75) is 116 Å². The highest BCUT2D eigenvalue weighted by Crippen LogP contribution is 2.66. The van der Waals surface area contributed by atoms with E-state index in [1.165, 1.54) is 49.6 Å². The quantitative estimate of drug-likeness (QED) is 0.349. The van der Waals surface area contributed by atoms with E-state index in [2.05, 4.69) is 34.6 Å². The number of fused-ring (bicyclic) bond motifs is 4. The van der Waals surface area contributed by atoms with Crippen molar-refractivity contribution in [1.82, 2.24) is 0 Å². The molecule has 34 heavy (non-hydrogen) atoms. The summed E-state index contributed by atoms with van der Waals surface area (Å²) in [6.45, 7) is 14.6. The van der Waals surface area contributed by atoms with Gasteiger partial charge in [-0.25, -0.2) is 0 Å². The number of allylic oxidation sites excluding steroid dienone is 2. The topological polar surface area (TPSA) is 46.2 Å². The van der Waals surface area contributed by atoms with Crippen LogP contribution in [0.3, 0.4) is 0 Å². The van der Waals surface area contributed by atoms with Crippen LogP contribution in [0.15, 0.2) is 11.3 Å². The van der Waals surface area contributed by atoms with Crippen LogP contribution in [0, 0.1) is 23.2 Å². The summed E-state index contributed by atoms with van der Waals surface area (Å²) in [4.78, 5) is 0. The Labute approximate surface area is 208 Å². The van der Waals surface area contributed by atoms with Crippen molar-refractivity contribution in [2.75, 3.05) is 26.4 Å². The van der Waals surface area contributed by atoms with E-state index in [0.29, 0.717) is 31.0 Å². The largest absolute Gasteiger partial charge is 0.547 e. The smallest absolute Gasteiger partial charge is 0.250 e. The fourth-order valence-electron chi connectivity index (χ4n) is 8.41. The van der Waals surface area contributed by atoms with Crippen LogP contribution in [-0.4, -0.2) is 46.3 Å². The maximum Gasteiger partial charge on any atom is 0.250 e. The lowest BCUT2D eigenvalue weighted by Crippen LogP contribution is -2.52. The van der Waals surface area contributed by atoms with E-state index in [-0.39, 0.29) is 11.2 Å². The van der Waals surface area contributed by atoms with E-state index in [9.17, 15) is 0 Å². The molecule has 4 fully saturated rings. The molecule has 0 radical (unpaired) electrons. The summed E-state index contributed by atoms with van der Waals surface area (Å²) in [6.07, 6.45) is 9.05. The maximum atomic E-state index is 7.15. The van der Waals surface area contributed by atoms with Gasteiger partial charge in [0.25, 0.3) is 0 Å². The molecule has 0 bridgehead atoms. The van der Waals surface area contributed by atoms with Gasteiger partial charge in [0, 0.05) is 24.7 Å². The average Bonchev–Trinajstić information content (AvgIpc) is 3.58. The number of ether oxygens (including phenoxy) is 4. The molecule has 0 aromatic carbocycles. The highest BCUT2D eigenvalue weighted by Gasteiger charge is 2.65. The van der Waals surface area contributed by atoms with Gasteiger partial charge >= 0.3 is 0 Å². The Hall–Kier alpha value is -0.403. The van der Waals surface area contributed by atoms with E-state index in [4.69, 9.17) is 23.4 Å². The van der Waals surface area contributed by atoms with Gasteiger partial charge < -0.3 is 23.4 Å². The van der Waals surface area contributed by atoms with E-state index in [0.717, 1.165) is 38.9 Å². The van der Waals surface area contributed by atoms with Crippen molar-refractivity contribution in [3.8, 4) is 0 Å². The lowest BCUT2D eigenvalue weighted by molar-refractivity contribution is -0.238. The van der Waals surface area contributed by atoms with Crippen LogP contribution in [0.5, 0.6) is 0 Å². The second kappa shape index (κ2) is 9.48. The number of hydrogen-bond acceptors (Lipinski definition) is 5. The summed E-state index contributed by atoms with van der Waals surface area (Å²) in [7, 11) is -1.71. The van der Waals surface area contributed by atoms with Crippen molar-refractivity contribution in [1.29, 1.82) is 0 Å². The van der Waals surface area contributed by atoms with Gasteiger partial charge in [-0.2, -0.15) is 0 Å². The zero-order chi connectivity index (χ0) is 24.0. The van der Waals surface area contributed by atoms with Gasteiger partial charge in [0.05, 0.1) is 32.2 Å². The molecule has 4 atom stereocenters. The Kier molecular flexibility index (Phi) is 7.04. The van der Waals surface area contributed by atoms with Gasteiger partial charge in [-0.05, 0) is 80.5 Å². The Balaban J connectivity index is 1.43. The number of hydrogen-bond donors (Lipinski definition) is 0. The molecular weight excluding hydrogens is 444 g/mol. The van der Waals surface area contributed by atoms with E-state index < -0.39 is 14.1 Å². The van der Waals surface area contributed by atoms with Gasteiger partial charge in [-0.3, -0.25) is 0 Å². The van der Waals surface area contributed by atoms with Gasteiger partial charge in [-0.1, -0.05) is 27.7 Å². The molecule has 2 heterocycles. The van der Waals surface area contributed by atoms with Gasteiger partial charge in [0.1, 0.15) is 0 Å². The van der Waals surface area contributed by atoms with Crippen LogP contribution in [-0.2, 0) is 23.4 Å². The molecule has 2 saturated carbocycles. The zero-order valence-corrected chi connectivity index (χ0v) is 23.4.